The van der Waals surface area contributed by atoms with Gasteiger partial charge in [0.05, 0.1) is 10.7 Å². The maximum absolute atomic E-state index is 12.1. The zero-order chi connectivity index (χ0) is 13.3. The number of sulfonamides is 1. The predicted molar refractivity (Wildman–Crippen MR) is 76.3 cm³/mol. The number of aryl methyl sites for hydroxylation is 1. The molecule has 0 unspecified atom stereocenters. The van der Waals surface area contributed by atoms with Crippen molar-refractivity contribution >= 4 is 50.2 Å². The van der Waals surface area contributed by atoms with Crippen LogP contribution in [-0.4, -0.2) is 8.42 Å². The molecule has 18 heavy (non-hydrogen) atoms. The molecule has 0 fully saturated rings. The Morgan fingerprint density at radius 1 is 1.17 bits per heavy atom. The summed E-state index contributed by atoms with van der Waals surface area (Å²) in [7, 11) is -3.59. The van der Waals surface area contributed by atoms with Gasteiger partial charge in [0.2, 0.25) is 0 Å². The highest BCUT2D eigenvalue weighted by molar-refractivity contribution is 7.94. The second kappa shape index (κ2) is 5.09. The highest BCUT2D eigenvalue weighted by atomic mass is 35.5. The van der Waals surface area contributed by atoms with Crippen molar-refractivity contribution in [3.8, 4) is 0 Å². The maximum atomic E-state index is 12.1. The van der Waals surface area contributed by atoms with Crippen LogP contribution in [-0.2, 0) is 10.0 Å². The van der Waals surface area contributed by atoms with E-state index in [1.54, 1.807) is 18.2 Å². The summed E-state index contributed by atoms with van der Waals surface area (Å²) in [6.07, 6.45) is 0. The Morgan fingerprint density at radius 3 is 2.44 bits per heavy atom. The third-order valence-corrected chi connectivity index (χ3v) is 5.56. The lowest BCUT2D eigenvalue weighted by molar-refractivity contribution is 0.603. The number of rotatable bonds is 3. The molecule has 0 saturated carbocycles. The Labute approximate surface area is 119 Å². The molecule has 0 amide bonds. The molecule has 0 aliphatic heterocycles. The fourth-order valence-corrected chi connectivity index (χ4v) is 4.20. The lowest BCUT2D eigenvalue weighted by Gasteiger charge is -2.08. The van der Waals surface area contributed by atoms with Crippen LogP contribution >= 0.6 is 34.5 Å². The molecule has 1 N–H and O–H groups in total. The summed E-state index contributed by atoms with van der Waals surface area (Å²) in [5.74, 6) is 0. The standard InChI is InChI=1S/C11H9Cl2NO2S2/c1-7-2-5-11(17-7)18(15,16)14-10-4-3-8(12)6-9(10)13/h2-6,14H,1H3. The van der Waals surface area contributed by atoms with E-state index in [4.69, 9.17) is 23.2 Å². The fourth-order valence-electron chi connectivity index (χ4n) is 1.32. The quantitative estimate of drug-likeness (QED) is 0.922. The van der Waals surface area contributed by atoms with Crippen molar-refractivity contribution in [2.45, 2.75) is 11.1 Å². The smallest absolute Gasteiger partial charge is 0.271 e. The highest BCUT2D eigenvalue weighted by Gasteiger charge is 2.17. The molecule has 0 aliphatic carbocycles. The van der Waals surface area contributed by atoms with E-state index in [0.717, 1.165) is 4.88 Å². The molecule has 1 aromatic heterocycles. The zero-order valence-corrected chi connectivity index (χ0v) is 12.4. The normalized spacial score (nSPS) is 11.5. The third-order valence-electron chi connectivity index (χ3n) is 2.16. The van der Waals surface area contributed by atoms with Crippen LogP contribution in [0.1, 0.15) is 4.88 Å². The Morgan fingerprint density at radius 2 is 1.89 bits per heavy atom. The van der Waals surface area contributed by atoms with Crippen molar-refractivity contribution in [2.24, 2.45) is 0 Å². The monoisotopic (exact) mass is 321 g/mol. The van der Waals surface area contributed by atoms with Crippen LogP contribution in [0.2, 0.25) is 10.0 Å². The Balaban J connectivity index is 2.33. The van der Waals surface area contributed by atoms with Crippen molar-refractivity contribution in [1.82, 2.24) is 0 Å². The maximum Gasteiger partial charge on any atom is 0.271 e. The van der Waals surface area contributed by atoms with E-state index in [-0.39, 0.29) is 9.23 Å². The fraction of sp³-hybridized carbons (Fsp3) is 0.0909. The van der Waals surface area contributed by atoms with E-state index < -0.39 is 10.0 Å². The summed E-state index contributed by atoms with van der Waals surface area (Å²) < 4.78 is 26.8. The van der Waals surface area contributed by atoms with Gasteiger partial charge in [0, 0.05) is 9.90 Å². The molecular weight excluding hydrogens is 313 g/mol. The molecule has 3 nitrogen and oxygen atoms in total. The van der Waals surface area contributed by atoms with Crippen LogP contribution < -0.4 is 4.72 Å². The van der Waals surface area contributed by atoms with E-state index in [0.29, 0.717) is 10.7 Å². The topological polar surface area (TPSA) is 46.2 Å². The summed E-state index contributed by atoms with van der Waals surface area (Å²) in [4.78, 5) is 0.928. The number of nitrogens with one attached hydrogen (secondary N) is 1. The SMILES string of the molecule is Cc1ccc(S(=O)(=O)Nc2ccc(Cl)cc2Cl)s1. The van der Waals surface area contributed by atoms with Gasteiger partial charge >= 0.3 is 0 Å². The first kappa shape index (κ1) is 13.7. The number of anilines is 1. The summed E-state index contributed by atoms with van der Waals surface area (Å²) in [6, 6.07) is 7.91. The molecule has 96 valence electrons. The van der Waals surface area contributed by atoms with Crippen LogP contribution in [0.4, 0.5) is 5.69 Å². The number of hydrogen-bond donors (Lipinski definition) is 1. The van der Waals surface area contributed by atoms with Gasteiger partial charge in [-0.2, -0.15) is 0 Å². The molecule has 2 rings (SSSR count). The van der Waals surface area contributed by atoms with Gasteiger partial charge in [-0.1, -0.05) is 23.2 Å². The number of benzene rings is 1. The van der Waals surface area contributed by atoms with Crippen molar-refractivity contribution in [2.75, 3.05) is 4.72 Å². The highest BCUT2D eigenvalue weighted by Crippen LogP contribution is 2.29. The summed E-state index contributed by atoms with van der Waals surface area (Å²) >= 11 is 12.9. The molecule has 0 saturated heterocycles. The molecule has 0 bridgehead atoms. The number of hydrogen-bond acceptors (Lipinski definition) is 3. The van der Waals surface area contributed by atoms with E-state index >= 15 is 0 Å². The molecular formula is C11H9Cl2NO2S2. The Hall–Kier alpha value is -0.750. The molecule has 0 atom stereocenters. The zero-order valence-electron chi connectivity index (χ0n) is 9.28. The third kappa shape index (κ3) is 2.98. The first-order valence-electron chi connectivity index (χ1n) is 4.93. The van der Waals surface area contributed by atoms with E-state index in [9.17, 15) is 8.42 Å². The minimum Gasteiger partial charge on any atom is -0.277 e. The number of halogens is 2. The molecule has 0 radical (unpaired) electrons. The van der Waals surface area contributed by atoms with Crippen molar-refractivity contribution in [1.29, 1.82) is 0 Å². The summed E-state index contributed by atoms with van der Waals surface area (Å²) in [6.45, 7) is 1.85. The lowest BCUT2D eigenvalue weighted by Crippen LogP contribution is -2.11. The van der Waals surface area contributed by atoms with Gasteiger partial charge in [-0.15, -0.1) is 11.3 Å². The molecule has 1 heterocycles. The first-order chi connectivity index (χ1) is 8.38. The van der Waals surface area contributed by atoms with Crippen molar-refractivity contribution in [3.63, 3.8) is 0 Å². The van der Waals surface area contributed by atoms with Crippen LogP contribution in [0.15, 0.2) is 34.5 Å². The van der Waals surface area contributed by atoms with Crippen LogP contribution in [0, 0.1) is 6.92 Å². The van der Waals surface area contributed by atoms with Crippen LogP contribution in [0.5, 0.6) is 0 Å². The Bertz CT molecular complexity index is 680. The number of thiophene rings is 1. The second-order valence-electron chi connectivity index (χ2n) is 3.59. The van der Waals surface area contributed by atoms with Gasteiger partial charge in [0.1, 0.15) is 4.21 Å². The average molecular weight is 322 g/mol. The van der Waals surface area contributed by atoms with Gasteiger partial charge in [-0.25, -0.2) is 8.42 Å². The van der Waals surface area contributed by atoms with Crippen molar-refractivity contribution < 1.29 is 8.42 Å². The predicted octanol–water partition coefficient (Wildman–Crippen LogP) is 4.16. The van der Waals surface area contributed by atoms with Gasteiger partial charge in [-0.3, -0.25) is 4.72 Å². The van der Waals surface area contributed by atoms with Gasteiger partial charge in [-0.05, 0) is 37.3 Å². The van der Waals surface area contributed by atoms with Gasteiger partial charge in [0.25, 0.3) is 10.0 Å². The van der Waals surface area contributed by atoms with Crippen LogP contribution in [0.25, 0.3) is 0 Å². The second-order valence-corrected chi connectivity index (χ2v) is 7.64. The van der Waals surface area contributed by atoms with Gasteiger partial charge < -0.3 is 0 Å². The Kier molecular flexibility index (Phi) is 3.87. The van der Waals surface area contributed by atoms with E-state index in [2.05, 4.69) is 4.72 Å². The lowest BCUT2D eigenvalue weighted by atomic mass is 10.3. The van der Waals surface area contributed by atoms with E-state index in [1.807, 2.05) is 6.92 Å². The molecule has 2 aromatic rings. The summed E-state index contributed by atoms with van der Waals surface area (Å²) in [5.41, 5.74) is 0.312. The van der Waals surface area contributed by atoms with Crippen LogP contribution in [0.3, 0.4) is 0 Å². The van der Waals surface area contributed by atoms with E-state index in [1.165, 1.54) is 23.5 Å². The summed E-state index contributed by atoms with van der Waals surface area (Å²) in [5, 5.41) is 0.717. The minimum atomic E-state index is -3.59. The largest absolute Gasteiger partial charge is 0.277 e. The van der Waals surface area contributed by atoms with Gasteiger partial charge in [0.15, 0.2) is 0 Å². The van der Waals surface area contributed by atoms with Crippen molar-refractivity contribution in [3.05, 3.63) is 45.3 Å². The molecule has 0 aliphatic rings. The minimum absolute atomic E-state index is 0.256. The average Bonchev–Trinajstić information content (AvgIpc) is 2.70. The first-order valence-corrected chi connectivity index (χ1v) is 7.98. The molecule has 7 heteroatoms. The molecule has 0 spiro atoms. The molecule has 1 aromatic carbocycles.